The molecular formula is C16H18O2. The van der Waals surface area contributed by atoms with E-state index in [2.05, 4.69) is 0 Å². The molecule has 94 valence electrons. The summed E-state index contributed by atoms with van der Waals surface area (Å²) < 4.78 is 5.69. The number of hydrogen-bond acceptors (Lipinski definition) is 2. The molecule has 0 heterocycles. The largest absolute Gasteiger partial charge is 0.386 e. The summed E-state index contributed by atoms with van der Waals surface area (Å²) in [6.45, 7) is 2.30. The van der Waals surface area contributed by atoms with Crippen LogP contribution in [0.25, 0.3) is 0 Å². The molecule has 0 aliphatic heterocycles. The lowest BCUT2D eigenvalue weighted by Gasteiger charge is -2.17. The summed E-state index contributed by atoms with van der Waals surface area (Å²) in [5.41, 5.74) is 2.01. The number of aliphatic hydroxyl groups excluding tert-OH is 1. The molecule has 2 atom stereocenters. The first-order valence-electron chi connectivity index (χ1n) is 6.17. The van der Waals surface area contributed by atoms with Crippen molar-refractivity contribution in [1.29, 1.82) is 0 Å². The predicted octanol–water partition coefficient (Wildman–Crippen LogP) is 3.50. The van der Waals surface area contributed by atoms with Gasteiger partial charge in [-0.3, -0.25) is 0 Å². The van der Waals surface area contributed by atoms with Crippen molar-refractivity contribution in [2.45, 2.75) is 19.1 Å². The number of ether oxygens (including phenoxy) is 1. The van der Waals surface area contributed by atoms with Gasteiger partial charge in [-0.1, -0.05) is 60.7 Å². The second-order valence-electron chi connectivity index (χ2n) is 4.31. The Hall–Kier alpha value is -1.64. The third kappa shape index (κ3) is 3.42. The van der Waals surface area contributed by atoms with Crippen molar-refractivity contribution in [1.82, 2.24) is 0 Å². The molecule has 2 nitrogen and oxygen atoms in total. The topological polar surface area (TPSA) is 29.5 Å². The van der Waals surface area contributed by atoms with Crippen LogP contribution < -0.4 is 0 Å². The Morgan fingerprint density at radius 3 is 1.94 bits per heavy atom. The lowest BCUT2D eigenvalue weighted by molar-refractivity contribution is -0.00360. The molecule has 0 aliphatic rings. The summed E-state index contributed by atoms with van der Waals surface area (Å²) in [5, 5.41) is 9.99. The van der Waals surface area contributed by atoms with Gasteiger partial charge < -0.3 is 9.84 Å². The van der Waals surface area contributed by atoms with Crippen LogP contribution in [0.3, 0.4) is 0 Å². The van der Waals surface area contributed by atoms with Gasteiger partial charge in [-0.2, -0.15) is 0 Å². The normalized spacial score (nSPS) is 14.1. The molecule has 2 rings (SSSR count). The van der Waals surface area contributed by atoms with Crippen LogP contribution in [0.2, 0.25) is 0 Å². The molecule has 0 aliphatic carbocycles. The van der Waals surface area contributed by atoms with Gasteiger partial charge in [-0.15, -0.1) is 0 Å². The highest BCUT2D eigenvalue weighted by Gasteiger charge is 2.10. The van der Waals surface area contributed by atoms with E-state index < -0.39 is 6.10 Å². The zero-order valence-corrected chi connectivity index (χ0v) is 10.5. The van der Waals surface area contributed by atoms with Gasteiger partial charge in [-0.25, -0.2) is 0 Å². The number of aliphatic hydroxyl groups is 1. The zero-order chi connectivity index (χ0) is 12.8. The van der Waals surface area contributed by atoms with Crippen molar-refractivity contribution in [3.05, 3.63) is 71.8 Å². The summed E-state index contributed by atoms with van der Waals surface area (Å²) in [4.78, 5) is 0. The Kier molecular flexibility index (Phi) is 4.51. The van der Waals surface area contributed by atoms with Gasteiger partial charge in [-0.05, 0) is 18.1 Å². The van der Waals surface area contributed by atoms with E-state index in [0.717, 1.165) is 11.1 Å². The zero-order valence-electron chi connectivity index (χ0n) is 10.5. The van der Waals surface area contributed by atoms with Crippen LogP contribution in [-0.4, -0.2) is 11.7 Å². The lowest BCUT2D eigenvalue weighted by Crippen LogP contribution is -2.09. The van der Waals surface area contributed by atoms with Crippen LogP contribution in [-0.2, 0) is 4.74 Å². The molecule has 0 fully saturated rings. The summed E-state index contributed by atoms with van der Waals surface area (Å²) in [5.74, 6) is 0. The lowest BCUT2D eigenvalue weighted by atomic mass is 10.1. The molecule has 2 aromatic rings. The van der Waals surface area contributed by atoms with E-state index in [1.807, 2.05) is 67.6 Å². The van der Waals surface area contributed by atoms with E-state index in [4.69, 9.17) is 4.74 Å². The van der Waals surface area contributed by atoms with E-state index in [0.29, 0.717) is 6.61 Å². The third-order valence-electron chi connectivity index (χ3n) is 2.96. The second kappa shape index (κ2) is 6.34. The van der Waals surface area contributed by atoms with Crippen LogP contribution in [0.5, 0.6) is 0 Å². The molecule has 0 amide bonds. The Balaban J connectivity index is 1.89. The van der Waals surface area contributed by atoms with E-state index in [1.54, 1.807) is 0 Å². The first kappa shape index (κ1) is 12.8. The molecule has 2 aromatic carbocycles. The summed E-state index contributed by atoms with van der Waals surface area (Å²) >= 11 is 0. The van der Waals surface area contributed by atoms with E-state index in [1.165, 1.54) is 0 Å². The van der Waals surface area contributed by atoms with Gasteiger partial charge in [0.25, 0.3) is 0 Å². The maximum Gasteiger partial charge on any atom is 0.102 e. The molecule has 2 heteroatoms. The van der Waals surface area contributed by atoms with Gasteiger partial charge >= 0.3 is 0 Å². The highest BCUT2D eigenvalue weighted by molar-refractivity contribution is 5.18. The summed E-state index contributed by atoms with van der Waals surface area (Å²) in [6.07, 6.45) is -0.582. The van der Waals surface area contributed by atoms with Crippen molar-refractivity contribution < 1.29 is 9.84 Å². The molecule has 1 N–H and O–H groups in total. The first-order valence-corrected chi connectivity index (χ1v) is 6.17. The monoisotopic (exact) mass is 242 g/mol. The maximum absolute atomic E-state index is 9.99. The fourth-order valence-corrected chi connectivity index (χ4v) is 1.83. The van der Waals surface area contributed by atoms with Crippen LogP contribution in [0.4, 0.5) is 0 Å². The molecule has 0 aromatic heterocycles. The van der Waals surface area contributed by atoms with Crippen molar-refractivity contribution in [2.24, 2.45) is 0 Å². The smallest absolute Gasteiger partial charge is 0.102 e. The second-order valence-corrected chi connectivity index (χ2v) is 4.31. The fourth-order valence-electron chi connectivity index (χ4n) is 1.83. The minimum atomic E-state index is -0.572. The standard InChI is InChI=1S/C16H18O2/c1-13(14-8-4-2-5-9-14)18-12-16(17)15-10-6-3-7-11-15/h2-11,13,16-17H,12H2,1H3. The minimum absolute atomic E-state index is 0.00966. The minimum Gasteiger partial charge on any atom is -0.386 e. The van der Waals surface area contributed by atoms with E-state index >= 15 is 0 Å². The quantitative estimate of drug-likeness (QED) is 0.869. The Morgan fingerprint density at radius 1 is 0.889 bits per heavy atom. The van der Waals surface area contributed by atoms with Crippen LogP contribution in [0.1, 0.15) is 30.3 Å². The maximum atomic E-state index is 9.99. The molecular weight excluding hydrogens is 224 g/mol. The van der Waals surface area contributed by atoms with Crippen molar-refractivity contribution in [3.63, 3.8) is 0 Å². The van der Waals surface area contributed by atoms with Gasteiger partial charge in [0.2, 0.25) is 0 Å². The average Bonchev–Trinajstić information content (AvgIpc) is 2.46. The van der Waals surface area contributed by atoms with Crippen molar-refractivity contribution in [2.75, 3.05) is 6.61 Å². The molecule has 0 radical (unpaired) electrons. The number of hydrogen-bond donors (Lipinski definition) is 1. The van der Waals surface area contributed by atoms with Crippen molar-refractivity contribution >= 4 is 0 Å². The van der Waals surface area contributed by atoms with Crippen LogP contribution >= 0.6 is 0 Å². The number of rotatable bonds is 5. The molecule has 0 saturated heterocycles. The first-order chi connectivity index (χ1) is 8.77. The summed E-state index contributed by atoms with van der Waals surface area (Å²) in [6, 6.07) is 19.6. The van der Waals surface area contributed by atoms with Crippen molar-refractivity contribution in [3.8, 4) is 0 Å². The van der Waals surface area contributed by atoms with E-state index in [9.17, 15) is 5.11 Å². The Labute approximate surface area is 108 Å². The average molecular weight is 242 g/mol. The van der Waals surface area contributed by atoms with Gasteiger partial charge in [0.05, 0.1) is 12.7 Å². The van der Waals surface area contributed by atoms with Crippen LogP contribution in [0, 0.1) is 0 Å². The Morgan fingerprint density at radius 2 is 1.39 bits per heavy atom. The molecule has 0 spiro atoms. The third-order valence-corrected chi connectivity index (χ3v) is 2.96. The highest BCUT2D eigenvalue weighted by atomic mass is 16.5. The SMILES string of the molecule is CC(OCC(O)c1ccccc1)c1ccccc1. The molecule has 0 bridgehead atoms. The summed E-state index contributed by atoms with van der Waals surface area (Å²) in [7, 11) is 0. The molecule has 0 saturated carbocycles. The molecule has 2 unspecified atom stereocenters. The molecule has 18 heavy (non-hydrogen) atoms. The van der Waals surface area contributed by atoms with Gasteiger partial charge in [0, 0.05) is 0 Å². The van der Waals surface area contributed by atoms with Gasteiger partial charge in [0.15, 0.2) is 0 Å². The highest BCUT2D eigenvalue weighted by Crippen LogP contribution is 2.19. The van der Waals surface area contributed by atoms with Gasteiger partial charge in [0.1, 0.15) is 6.10 Å². The van der Waals surface area contributed by atoms with Crippen LogP contribution in [0.15, 0.2) is 60.7 Å². The number of benzene rings is 2. The Bertz CT molecular complexity index is 408. The van der Waals surface area contributed by atoms with E-state index in [-0.39, 0.29) is 6.10 Å². The predicted molar refractivity (Wildman–Crippen MR) is 72.2 cm³/mol. The fraction of sp³-hybridized carbons (Fsp3) is 0.250.